The Labute approximate surface area is 288 Å². The summed E-state index contributed by atoms with van der Waals surface area (Å²) in [6.45, 7) is -0.0839. The number of fused-ring (bicyclic) bond motifs is 1. The first-order chi connectivity index (χ1) is 24.0. The predicted octanol–water partition coefficient (Wildman–Crippen LogP) is 3.67. The molecule has 3 unspecified atom stereocenters. The molecular formula is C35H40N8O7. The van der Waals surface area contributed by atoms with Crippen molar-refractivity contribution in [2.75, 3.05) is 6.54 Å². The zero-order chi connectivity index (χ0) is 35.8. The summed E-state index contributed by atoms with van der Waals surface area (Å²) in [7, 11) is 0. The summed E-state index contributed by atoms with van der Waals surface area (Å²) in [5, 5.41) is 32.9. The molecule has 3 aromatic carbocycles. The number of likely N-dealkylation sites (tertiary alicyclic amines) is 1. The van der Waals surface area contributed by atoms with Gasteiger partial charge in [0, 0.05) is 29.2 Å². The molecule has 1 saturated carbocycles. The number of nitrogens with zero attached hydrogens (tertiary/aromatic N) is 5. The van der Waals surface area contributed by atoms with Gasteiger partial charge in [0.2, 0.25) is 17.7 Å². The van der Waals surface area contributed by atoms with E-state index < -0.39 is 58.8 Å². The maximum atomic E-state index is 14.4. The minimum absolute atomic E-state index is 0.0344. The number of rotatable bonds is 13. The Balaban J connectivity index is 1.39. The van der Waals surface area contributed by atoms with Gasteiger partial charge in [-0.15, -0.1) is 0 Å². The number of primary amides is 1. The van der Waals surface area contributed by atoms with E-state index in [1.54, 1.807) is 12.1 Å². The molecule has 50 heavy (non-hydrogen) atoms. The average molecular weight is 685 g/mol. The van der Waals surface area contributed by atoms with Crippen molar-refractivity contribution in [1.29, 1.82) is 0 Å². The topological polar surface area (TPSA) is 234 Å². The second-order valence-electron chi connectivity index (χ2n) is 13.0. The Morgan fingerprint density at radius 1 is 1.02 bits per heavy atom. The molecule has 0 aromatic heterocycles. The molecule has 4 amide bonds. The van der Waals surface area contributed by atoms with Crippen molar-refractivity contribution in [3.8, 4) is 0 Å². The molecule has 0 radical (unpaired) electrons. The summed E-state index contributed by atoms with van der Waals surface area (Å²) < 4.78 is 0. The molecule has 0 spiro atoms. The number of aliphatic hydroxyl groups is 1. The van der Waals surface area contributed by atoms with Crippen molar-refractivity contribution >= 4 is 40.1 Å². The molecular weight excluding hydrogens is 644 g/mol. The standard InChI is InChI=1S/C35H40N8O7/c36-32(45)31(44)28(16-22-10-14-27(15-11-22)43(49)50)38-34(47)30-19-26(40-41-37)20-42(30)35(48)29(17-21-6-2-1-3-7-21)39-33(46)25-13-12-23-8-4-5-9-24(23)18-25/h4-5,8-15,18,21,26,28-31,44H,1-3,6-7,16-17,19-20H2,(H2,36,45)(H,38,47)(H,39,46)/t26-,28?,29?,30-,31?/m0/s1. The van der Waals surface area contributed by atoms with Crippen LogP contribution in [0.4, 0.5) is 5.69 Å². The lowest BCUT2D eigenvalue weighted by molar-refractivity contribution is -0.384. The van der Waals surface area contributed by atoms with E-state index in [0.29, 0.717) is 17.5 Å². The summed E-state index contributed by atoms with van der Waals surface area (Å²) in [4.78, 5) is 68.6. The number of nitrogens with two attached hydrogens (primary N) is 1. The summed E-state index contributed by atoms with van der Waals surface area (Å²) >= 11 is 0. The maximum absolute atomic E-state index is 14.4. The SMILES string of the molecule is [N-]=[N+]=N[C@H]1C[C@@H](C(=O)NC(Cc2ccc([N+](=O)[O-])cc2)C(O)C(N)=O)N(C(=O)C(CC2CCCCC2)NC(=O)c2ccc3ccccc3c2)C1. The van der Waals surface area contributed by atoms with Crippen LogP contribution in [0.5, 0.6) is 0 Å². The van der Waals surface area contributed by atoms with Gasteiger partial charge in [-0.1, -0.05) is 79.7 Å². The Hall–Kier alpha value is -5.53. The first-order valence-electron chi connectivity index (χ1n) is 16.7. The molecule has 3 aromatic rings. The van der Waals surface area contributed by atoms with Gasteiger partial charge in [-0.2, -0.15) is 0 Å². The molecule has 262 valence electrons. The largest absolute Gasteiger partial charge is 0.381 e. The number of carbonyl (C=O) groups is 4. The van der Waals surface area contributed by atoms with Crippen molar-refractivity contribution in [1.82, 2.24) is 15.5 Å². The van der Waals surface area contributed by atoms with Crippen LogP contribution in [-0.4, -0.2) is 75.4 Å². The number of nitrogens with one attached hydrogen (secondary N) is 2. The van der Waals surface area contributed by atoms with Crippen molar-refractivity contribution in [3.05, 3.63) is 98.4 Å². The van der Waals surface area contributed by atoms with Gasteiger partial charge in [-0.3, -0.25) is 29.3 Å². The number of benzene rings is 3. The highest BCUT2D eigenvalue weighted by atomic mass is 16.6. The number of azide groups is 1. The van der Waals surface area contributed by atoms with Crippen molar-refractivity contribution < 1.29 is 29.2 Å². The van der Waals surface area contributed by atoms with Crippen LogP contribution < -0.4 is 16.4 Å². The van der Waals surface area contributed by atoms with Crippen LogP contribution in [0, 0.1) is 16.0 Å². The molecule has 1 heterocycles. The van der Waals surface area contributed by atoms with Gasteiger partial charge in [0.15, 0.2) is 6.10 Å². The number of aliphatic hydroxyl groups excluding tert-OH is 1. The van der Waals surface area contributed by atoms with Crippen molar-refractivity contribution in [2.24, 2.45) is 16.8 Å². The number of hydrogen-bond donors (Lipinski definition) is 4. The number of non-ortho nitro benzene ring substituents is 1. The zero-order valence-electron chi connectivity index (χ0n) is 27.4. The third-order valence-corrected chi connectivity index (χ3v) is 9.59. The normalized spacial score (nSPS) is 19.5. The van der Waals surface area contributed by atoms with Crippen LogP contribution in [0.1, 0.15) is 60.9 Å². The fourth-order valence-corrected chi connectivity index (χ4v) is 6.94. The summed E-state index contributed by atoms with van der Waals surface area (Å²) in [5.74, 6) is -2.60. The molecule has 5 rings (SSSR count). The zero-order valence-corrected chi connectivity index (χ0v) is 27.4. The number of amides is 4. The second kappa shape index (κ2) is 16.2. The molecule has 0 bridgehead atoms. The van der Waals surface area contributed by atoms with Crippen LogP contribution in [-0.2, 0) is 20.8 Å². The maximum Gasteiger partial charge on any atom is 0.269 e. The van der Waals surface area contributed by atoms with Gasteiger partial charge < -0.3 is 26.4 Å². The third kappa shape index (κ3) is 8.73. The molecule has 1 aliphatic carbocycles. The highest BCUT2D eigenvalue weighted by molar-refractivity contribution is 6.01. The Morgan fingerprint density at radius 2 is 1.72 bits per heavy atom. The van der Waals surface area contributed by atoms with Gasteiger partial charge in [0.25, 0.3) is 11.6 Å². The third-order valence-electron chi connectivity index (χ3n) is 9.59. The van der Waals surface area contributed by atoms with Crippen LogP contribution >= 0.6 is 0 Å². The molecule has 2 fully saturated rings. The quantitative estimate of drug-likeness (QED) is 0.0685. The van der Waals surface area contributed by atoms with Crippen LogP contribution in [0.3, 0.4) is 0 Å². The van der Waals surface area contributed by atoms with Crippen molar-refractivity contribution in [2.45, 2.75) is 81.6 Å². The van der Waals surface area contributed by atoms with E-state index in [4.69, 9.17) is 5.73 Å². The molecule has 1 aliphatic heterocycles. The van der Waals surface area contributed by atoms with E-state index in [-0.39, 0.29) is 31.0 Å². The highest BCUT2D eigenvalue weighted by Crippen LogP contribution is 2.30. The molecule has 5 N–H and O–H groups in total. The van der Waals surface area contributed by atoms with E-state index in [1.165, 1.54) is 29.2 Å². The first-order valence-corrected chi connectivity index (χ1v) is 16.7. The summed E-state index contributed by atoms with van der Waals surface area (Å²) in [6, 6.07) is 14.1. The fraction of sp³-hybridized carbons (Fsp3) is 0.429. The Morgan fingerprint density at radius 3 is 2.38 bits per heavy atom. The number of nitro benzene ring substituents is 1. The lowest BCUT2D eigenvalue weighted by atomic mass is 9.84. The van der Waals surface area contributed by atoms with E-state index in [9.17, 15) is 39.9 Å². The predicted molar refractivity (Wildman–Crippen MR) is 183 cm³/mol. The van der Waals surface area contributed by atoms with Crippen LogP contribution in [0.15, 0.2) is 71.8 Å². The average Bonchev–Trinajstić information content (AvgIpc) is 3.55. The minimum Gasteiger partial charge on any atom is -0.381 e. The van der Waals surface area contributed by atoms with Gasteiger partial charge >= 0.3 is 0 Å². The molecule has 1 saturated heterocycles. The number of nitro groups is 1. The minimum atomic E-state index is -1.83. The van der Waals surface area contributed by atoms with E-state index in [2.05, 4.69) is 20.7 Å². The summed E-state index contributed by atoms with van der Waals surface area (Å²) in [5.41, 5.74) is 15.3. The van der Waals surface area contributed by atoms with Crippen LogP contribution in [0.2, 0.25) is 0 Å². The molecule has 15 heteroatoms. The van der Waals surface area contributed by atoms with Gasteiger partial charge in [-0.25, -0.2) is 0 Å². The smallest absolute Gasteiger partial charge is 0.269 e. The van der Waals surface area contributed by atoms with E-state index in [1.807, 2.05) is 30.3 Å². The Bertz CT molecular complexity index is 1790. The molecule has 15 nitrogen and oxygen atoms in total. The summed E-state index contributed by atoms with van der Waals surface area (Å²) in [6.07, 6.45) is 3.30. The fourth-order valence-electron chi connectivity index (χ4n) is 6.94. The van der Waals surface area contributed by atoms with Gasteiger partial charge in [-0.05, 0) is 59.2 Å². The highest BCUT2D eigenvalue weighted by Gasteiger charge is 2.43. The molecule has 2 aliphatic rings. The Kier molecular flexibility index (Phi) is 11.6. The lowest BCUT2D eigenvalue weighted by Gasteiger charge is -2.32. The number of hydrogen-bond acceptors (Lipinski definition) is 8. The van der Waals surface area contributed by atoms with Gasteiger partial charge in [0.05, 0.1) is 17.0 Å². The van der Waals surface area contributed by atoms with E-state index >= 15 is 0 Å². The van der Waals surface area contributed by atoms with Crippen molar-refractivity contribution in [3.63, 3.8) is 0 Å². The monoisotopic (exact) mass is 684 g/mol. The second-order valence-corrected chi connectivity index (χ2v) is 13.0. The first kappa shape index (κ1) is 35.8. The molecule has 5 atom stereocenters. The van der Waals surface area contributed by atoms with E-state index in [0.717, 1.165) is 42.9 Å². The van der Waals surface area contributed by atoms with Gasteiger partial charge in [0.1, 0.15) is 12.1 Å². The lowest BCUT2D eigenvalue weighted by Crippen LogP contribution is -2.57. The number of carbonyl (C=O) groups excluding carboxylic acids is 4. The van der Waals surface area contributed by atoms with Crippen LogP contribution in [0.25, 0.3) is 21.2 Å².